The van der Waals surface area contributed by atoms with Crippen LogP contribution in [0.4, 0.5) is 4.79 Å². The van der Waals surface area contributed by atoms with Crippen LogP contribution in [0.1, 0.15) is 12.0 Å². The van der Waals surface area contributed by atoms with Gasteiger partial charge in [-0.05, 0) is 30.2 Å². The molecule has 1 amide bonds. The van der Waals surface area contributed by atoms with Gasteiger partial charge < -0.3 is 15.1 Å². The van der Waals surface area contributed by atoms with E-state index in [2.05, 4.69) is 0 Å². The van der Waals surface area contributed by atoms with Crippen molar-refractivity contribution in [1.29, 1.82) is 0 Å². The topological polar surface area (TPSA) is 60.8 Å². The quantitative estimate of drug-likeness (QED) is 0.687. The number of aliphatic hydroxyl groups is 1. The van der Waals surface area contributed by atoms with Crippen molar-refractivity contribution in [2.75, 3.05) is 31.2 Å². The summed E-state index contributed by atoms with van der Waals surface area (Å²) in [7, 11) is 0. The Balaban J connectivity index is 2.36. The van der Waals surface area contributed by atoms with Gasteiger partial charge in [-0.2, -0.15) is 11.8 Å². The molecule has 0 aliphatic heterocycles. The molecule has 0 atom stereocenters. The van der Waals surface area contributed by atoms with E-state index in [1.54, 1.807) is 11.8 Å². The van der Waals surface area contributed by atoms with E-state index in [4.69, 9.17) is 21.8 Å². The molecule has 0 bridgehead atoms. The Hall–Kier alpha value is -0.910. The van der Waals surface area contributed by atoms with Crippen LogP contribution in [0.5, 0.6) is 0 Å². The minimum Gasteiger partial charge on any atom is -0.465 e. The fourth-order valence-electron chi connectivity index (χ4n) is 1.70. The lowest BCUT2D eigenvalue weighted by Gasteiger charge is -2.19. The SMILES string of the molecule is O=C(O)N(CCSCCCO)CCc1ccccc1Cl. The molecule has 0 aliphatic carbocycles. The first-order valence-corrected chi connectivity index (χ1v) is 8.08. The number of carbonyl (C=O) groups is 1. The molecular formula is C14H20ClNO3S. The molecule has 1 aromatic carbocycles. The van der Waals surface area contributed by atoms with E-state index >= 15 is 0 Å². The van der Waals surface area contributed by atoms with E-state index in [0.717, 1.165) is 23.5 Å². The molecule has 0 saturated carbocycles. The summed E-state index contributed by atoms with van der Waals surface area (Å²) in [6, 6.07) is 7.49. The number of halogens is 1. The molecule has 0 aromatic heterocycles. The maximum Gasteiger partial charge on any atom is 0.407 e. The minimum absolute atomic E-state index is 0.183. The molecule has 0 heterocycles. The first kappa shape index (κ1) is 17.1. The number of aliphatic hydroxyl groups excluding tert-OH is 1. The number of hydrogen-bond acceptors (Lipinski definition) is 3. The van der Waals surface area contributed by atoms with Crippen molar-refractivity contribution < 1.29 is 15.0 Å². The van der Waals surface area contributed by atoms with Gasteiger partial charge in [-0.3, -0.25) is 0 Å². The van der Waals surface area contributed by atoms with Crippen molar-refractivity contribution in [3.8, 4) is 0 Å². The summed E-state index contributed by atoms with van der Waals surface area (Å²) >= 11 is 7.71. The Bertz CT molecular complexity index is 417. The third-order valence-electron chi connectivity index (χ3n) is 2.83. The second kappa shape index (κ2) is 9.91. The van der Waals surface area contributed by atoms with Gasteiger partial charge >= 0.3 is 6.09 Å². The highest BCUT2D eigenvalue weighted by Crippen LogP contribution is 2.16. The van der Waals surface area contributed by atoms with Crippen molar-refractivity contribution >= 4 is 29.5 Å². The Morgan fingerprint density at radius 3 is 2.65 bits per heavy atom. The zero-order valence-electron chi connectivity index (χ0n) is 11.3. The van der Waals surface area contributed by atoms with Crippen LogP contribution in [0, 0.1) is 0 Å². The zero-order valence-corrected chi connectivity index (χ0v) is 12.9. The molecule has 2 N–H and O–H groups in total. The maximum atomic E-state index is 11.2. The van der Waals surface area contributed by atoms with Crippen LogP contribution in [0.25, 0.3) is 0 Å². The van der Waals surface area contributed by atoms with E-state index in [1.165, 1.54) is 4.90 Å². The van der Waals surface area contributed by atoms with Gasteiger partial charge in [0.2, 0.25) is 0 Å². The molecule has 0 fully saturated rings. The third kappa shape index (κ3) is 6.50. The van der Waals surface area contributed by atoms with Crippen LogP contribution in [0.3, 0.4) is 0 Å². The lowest BCUT2D eigenvalue weighted by Crippen LogP contribution is -2.33. The van der Waals surface area contributed by atoms with Crippen LogP contribution < -0.4 is 0 Å². The standard InChI is InChI=1S/C14H20ClNO3S/c15-13-5-2-1-4-12(13)6-7-16(14(18)19)8-11-20-10-3-9-17/h1-2,4-5,17H,3,6-11H2,(H,18,19). The molecule has 0 radical (unpaired) electrons. The summed E-state index contributed by atoms with van der Waals surface area (Å²) in [5.74, 6) is 1.60. The smallest absolute Gasteiger partial charge is 0.407 e. The highest BCUT2D eigenvalue weighted by atomic mass is 35.5. The number of nitrogens with zero attached hydrogens (tertiary/aromatic N) is 1. The highest BCUT2D eigenvalue weighted by molar-refractivity contribution is 7.99. The Kier molecular flexibility index (Phi) is 8.49. The molecule has 112 valence electrons. The van der Waals surface area contributed by atoms with E-state index in [-0.39, 0.29) is 6.61 Å². The first-order chi connectivity index (χ1) is 9.65. The third-order valence-corrected chi connectivity index (χ3v) is 4.25. The summed E-state index contributed by atoms with van der Waals surface area (Å²) in [5.41, 5.74) is 0.966. The van der Waals surface area contributed by atoms with E-state index in [0.29, 0.717) is 24.5 Å². The van der Waals surface area contributed by atoms with Crippen LogP contribution in [-0.2, 0) is 6.42 Å². The summed E-state index contributed by atoms with van der Waals surface area (Å²) < 4.78 is 0. The van der Waals surface area contributed by atoms with E-state index in [1.807, 2.05) is 24.3 Å². The van der Waals surface area contributed by atoms with Crippen LogP contribution >= 0.6 is 23.4 Å². The van der Waals surface area contributed by atoms with Crippen molar-refractivity contribution in [2.24, 2.45) is 0 Å². The van der Waals surface area contributed by atoms with Gasteiger partial charge in [0.05, 0.1) is 0 Å². The highest BCUT2D eigenvalue weighted by Gasteiger charge is 2.11. The van der Waals surface area contributed by atoms with E-state index < -0.39 is 6.09 Å². The van der Waals surface area contributed by atoms with E-state index in [9.17, 15) is 4.79 Å². The van der Waals surface area contributed by atoms with Gasteiger partial charge in [0, 0.05) is 30.5 Å². The average Bonchev–Trinajstić information content (AvgIpc) is 2.43. The first-order valence-electron chi connectivity index (χ1n) is 6.55. The number of thioether (sulfide) groups is 1. The molecule has 1 aromatic rings. The monoisotopic (exact) mass is 317 g/mol. The molecule has 0 aliphatic rings. The lowest BCUT2D eigenvalue weighted by molar-refractivity contribution is 0.148. The molecule has 4 nitrogen and oxygen atoms in total. The van der Waals surface area contributed by atoms with Crippen LogP contribution in [0.15, 0.2) is 24.3 Å². The predicted molar refractivity (Wildman–Crippen MR) is 83.8 cm³/mol. The largest absolute Gasteiger partial charge is 0.465 e. The van der Waals surface area contributed by atoms with Gasteiger partial charge in [0.15, 0.2) is 0 Å². The number of hydrogen-bond donors (Lipinski definition) is 2. The Labute approximate surface area is 128 Å². The summed E-state index contributed by atoms with van der Waals surface area (Å²) in [4.78, 5) is 12.6. The lowest BCUT2D eigenvalue weighted by atomic mass is 10.1. The molecular weight excluding hydrogens is 298 g/mol. The zero-order chi connectivity index (χ0) is 14.8. The van der Waals surface area contributed by atoms with Gasteiger partial charge in [0.25, 0.3) is 0 Å². The Morgan fingerprint density at radius 1 is 1.25 bits per heavy atom. The average molecular weight is 318 g/mol. The second-order valence-electron chi connectivity index (χ2n) is 4.30. The van der Waals surface area contributed by atoms with Crippen molar-refractivity contribution in [1.82, 2.24) is 4.90 Å². The molecule has 0 saturated heterocycles. The fourth-order valence-corrected chi connectivity index (χ4v) is 2.82. The predicted octanol–water partition coefficient (Wildman–Crippen LogP) is 2.98. The van der Waals surface area contributed by atoms with Crippen LogP contribution in [-0.4, -0.2) is 52.4 Å². The molecule has 0 unspecified atom stereocenters. The molecule has 1 rings (SSSR count). The number of carboxylic acid groups (broad SMARTS) is 1. The molecule has 0 spiro atoms. The van der Waals surface area contributed by atoms with Crippen LogP contribution in [0.2, 0.25) is 5.02 Å². The van der Waals surface area contributed by atoms with Gasteiger partial charge in [-0.25, -0.2) is 4.79 Å². The molecule has 20 heavy (non-hydrogen) atoms. The maximum absolute atomic E-state index is 11.2. The van der Waals surface area contributed by atoms with Crippen molar-refractivity contribution in [3.05, 3.63) is 34.9 Å². The van der Waals surface area contributed by atoms with Gasteiger partial charge in [-0.1, -0.05) is 29.8 Å². The van der Waals surface area contributed by atoms with Gasteiger partial charge in [-0.15, -0.1) is 0 Å². The van der Waals surface area contributed by atoms with Crippen molar-refractivity contribution in [3.63, 3.8) is 0 Å². The summed E-state index contributed by atoms with van der Waals surface area (Å²) in [6.45, 7) is 1.12. The number of amides is 1. The Morgan fingerprint density at radius 2 is 2.00 bits per heavy atom. The summed E-state index contributed by atoms with van der Waals surface area (Å²) in [6.07, 6.45) is 0.463. The van der Waals surface area contributed by atoms with Gasteiger partial charge in [0.1, 0.15) is 0 Å². The fraction of sp³-hybridized carbons (Fsp3) is 0.500. The second-order valence-corrected chi connectivity index (χ2v) is 5.93. The van der Waals surface area contributed by atoms with Crippen molar-refractivity contribution in [2.45, 2.75) is 12.8 Å². The number of rotatable bonds is 9. The number of benzene rings is 1. The minimum atomic E-state index is -0.903. The normalized spacial score (nSPS) is 10.5. The molecule has 6 heteroatoms. The summed E-state index contributed by atoms with van der Waals surface area (Å²) in [5, 5.41) is 18.5.